The Morgan fingerprint density at radius 2 is 0.442 bits per heavy atom. The highest BCUT2D eigenvalue weighted by molar-refractivity contribution is 6.32. The van der Waals surface area contributed by atoms with Crippen LogP contribution in [0.1, 0.15) is 11.1 Å². The smallest absolute Gasteiger partial charge is 0.000763 e. The van der Waals surface area contributed by atoms with Crippen LogP contribution in [0.3, 0.4) is 0 Å². The van der Waals surface area contributed by atoms with Gasteiger partial charge >= 0.3 is 0 Å². The first-order valence-electron chi connectivity index (χ1n) is 18.1. The summed E-state index contributed by atoms with van der Waals surface area (Å²) >= 11 is 0. The average Bonchev–Trinajstić information content (AvgIpc) is 3.21. The molecule has 0 unspecified atom stereocenters. The van der Waals surface area contributed by atoms with E-state index in [1.807, 2.05) is 0 Å². The molecule has 0 atom stereocenters. The Kier molecular flexibility index (Phi) is 8.07. The number of fused-ring (bicyclic) bond motifs is 2. The van der Waals surface area contributed by atoms with Gasteiger partial charge in [0.15, 0.2) is 0 Å². The van der Waals surface area contributed by atoms with Gasteiger partial charge in [0.05, 0.1) is 0 Å². The van der Waals surface area contributed by atoms with Crippen LogP contribution in [-0.4, -0.2) is 0 Å². The molecule has 0 saturated carbocycles. The van der Waals surface area contributed by atoms with Crippen molar-refractivity contribution < 1.29 is 0 Å². The van der Waals surface area contributed by atoms with Crippen LogP contribution in [0.2, 0.25) is 0 Å². The van der Waals surface area contributed by atoms with Gasteiger partial charge in [0, 0.05) is 0 Å². The molecule has 0 fully saturated rings. The molecule has 52 heavy (non-hydrogen) atoms. The molecule has 9 aromatic carbocycles. The van der Waals surface area contributed by atoms with Crippen LogP contribution in [0.5, 0.6) is 0 Å². The summed E-state index contributed by atoms with van der Waals surface area (Å²) in [6, 6.07) is 71.4. The second-order valence-electron chi connectivity index (χ2n) is 13.8. The summed E-state index contributed by atoms with van der Waals surface area (Å²) in [5.41, 5.74) is 17.1. The molecule has 0 aliphatic heterocycles. The Morgan fingerprint density at radius 1 is 0.212 bits per heavy atom. The zero-order valence-electron chi connectivity index (χ0n) is 29.5. The van der Waals surface area contributed by atoms with Crippen LogP contribution >= 0.6 is 0 Å². The van der Waals surface area contributed by atoms with Crippen molar-refractivity contribution in [2.24, 2.45) is 0 Å². The largest absolute Gasteiger partial charge is 0.0622 e. The summed E-state index contributed by atoms with van der Waals surface area (Å²) in [5, 5.41) is 5.06. The summed E-state index contributed by atoms with van der Waals surface area (Å²) in [5.74, 6) is 0. The van der Waals surface area contributed by atoms with Crippen LogP contribution in [0.25, 0.3) is 88.3 Å². The number of hydrogen-bond donors (Lipinski definition) is 0. The van der Waals surface area contributed by atoms with Crippen LogP contribution < -0.4 is 0 Å². The van der Waals surface area contributed by atoms with E-state index in [0.717, 1.165) is 0 Å². The molecule has 9 aromatic rings. The fourth-order valence-electron chi connectivity index (χ4n) is 7.94. The van der Waals surface area contributed by atoms with E-state index < -0.39 is 0 Å². The van der Waals surface area contributed by atoms with E-state index in [2.05, 4.69) is 208 Å². The van der Waals surface area contributed by atoms with E-state index in [0.29, 0.717) is 0 Å². The van der Waals surface area contributed by atoms with E-state index in [-0.39, 0.29) is 0 Å². The predicted molar refractivity (Wildman–Crippen MR) is 224 cm³/mol. The molecule has 0 aliphatic carbocycles. The normalized spacial score (nSPS) is 11.3. The van der Waals surface area contributed by atoms with E-state index >= 15 is 0 Å². The molecule has 0 heterocycles. The summed E-state index contributed by atoms with van der Waals surface area (Å²) < 4.78 is 0. The molecule has 0 N–H and O–H groups in total. The number of hydrogen-bond acceptors (Lipinski definition) is 0. The molecule has 246 valence electrons. The summed E-state index contributed by atoms with van der Waals surface area (Å²) in [7, 11) is 0. The highest BCUT2D eigenvalue weighted by atomic mass is 14.3. The quantitative estimate of drug-likeness (QED) is 0.155. The highest BCUT2D eigenvalue weighted by Gasteiger charge is 2.26. The monoisotopic (exact) mass is 662 g/mol. The fraction of sp³-hybridized carbons (Fsp3) is 0.0385. The molecule has 0 radical (unpaired) electrons. The Morgan fingerprint density at radius 3 is 0.673 bits per heavy atom. The Labute approximate surface area is 306 Å². The fourth-order valence-corrected chi connectivity index (χ4v) is 7.94. The van der Waals surface area contributed by atoms with Gasteiger partial charge in [-0.2, -0.15) is 0 Å². The Bertz CT molecular complexity index is 2340. The molecule has 0 amide bonds. The van der Waals surface area contributed by atoms with E-state index in [1.54, 1.807) is 0 Å². The van der Waals surface area contributed by atoms with Gasteiger partial charge in [-0.1, -0.05) is 205 Å². The molecule has 0 spiro atoms. The van der Waals surface area contributed by atoms with Crippen molar-refractivity contribution in [3.05, 3.63) is 205 Å². The van der Waals surface area contributed by atoms with Crippen molar-refractivity contribution in [2.75, 3.05) is 0 Å². The lowest BCUT2D eigenvalue weighted by molar-refractivity contribution is 1.47. The standard InChI is InChI=1S/C52H38/c1-35-23-27-41(28-24-35)47-49-43(37-15-7-3-8-16-37)31-33-45(39-19-11-5-12-20-39)51(49)48(42-29-25-36(2)26-30-42)52-46(40-21-13-6-14-22-40)34-32-44(50(47)52)38-17-9-4-10-18-38/h3-34H,1-2H3. The van der Waals surface area contributed by atoms with Crippen LogP contribution in [0, 0.1) is 13.8 Å². The molecule has 0 bridgehead atoms. The molecule has 0 nitrogen and oxygen atoms in total. The maximum absolute atomic E-state index is 2.35. The first-order chi connectivity index (χ1) is 25.7. The molecular weight excluding hydrogens is 625 g/mol. The van der Waals surface area contributed by atoms with Gasteiger partial charge in [-0.15, -0.1) is 0 Å². The van der Waals surface area contributed by atoms with Crippen molar-refractivity contribution in [2.45, 2.75) is 13.8 Å². The van der Waals surface area contributed by atoms with Gasteiger partial charge in [-0.3, -0.25) is 0 Å². The third-order valence-electron chi connectivity index (χ3n) is 10.4. The van der Waals surface area contributed by atoms with Gasteiger partial charge in [-0.25, -0.2) is 0 Å². The van der Waals surface area contributed by atoms with E-state index in [4.69, 9.17) is 0 Å². The minimum atomic E-state index is 1.20. The summed E-state index contributed by atoms with van der Waals surface area (Å²) in [6.45, 7) is 4.35. The minimum absolute atomic E-state index is 1.20. The van der Waals surface area contributed by atoms with Gasteiger partial charge < -0.3 is 0 Å². The zero-order chi connectivity index (χ0) is 35.0. The second-order valence-corrected chi connectivity index (χ2v) is 13.8. The molecule has 0 heteroatoms. The van der Waals surface area contributed by atoms with Crippen molar-refractivity contribution in [1.82, 2.24) is 0 Å². The summed E-state index contributed by atoms with van der Waals surface area (Å²) in [6.07, 6.45) is 0. The maximum atomic E-state index is 2.35. The van der Waals surface area contributed by atoms with Crippen molar-refractivity contribution in [3.63, 3.8) is 0 Å². The number of rotatable bonds is 6. The molecule has 0 aliphatic rings. The van der Waals surface area contributed by atoms with Crippen LogP contribution in [0.15, 0.2) is 194 Å². The SMILES string of the molecule is Cc1ccc(-c2c3c(-c4ccccc4)ccc(-c4ccccc4)c3c(-c3ccc(C)cc3)c3c(-c4ccccc4)ccc(-c4ccccc4)c23)cc1. The molecule has 9 rings (SSSR count). The molecule has 0 saturated heterocycles. The lowest BCUT2D eigenvalue weighted by Gasteiger charge is -2.26. The predicted octanol–water partition coefficient (Wildman–Crippen LogP) is 14.6. The van der Waals surface area contributed by atoms with Gasteiger partial charge in [0.1, 0.15) is 0 Å². The minimum Gasteiger partial charge on any atom is -0.0622 e. The van der Waals surface area contributed by atoms with Gasteiger partial charge in [0.25, 0.3) is 0 Å². The first-order valence-corrected chi connectivity index (χ1v) is 18.1. The summed E-state index contributed by atoms with van der Waals surface area (Å²) in [4.78, 5) is 0. The second kappa shape index (κ2) is 13.3. The third-order valence-corrected chi connectivity index (χ3v) is 10.4. The van der Waals surface area contributed by atoms with Crippen molar-refractivity contribution in [1.29, 1.82) is 0 Å². The van der Waals surface area contributed by atoms with E-state index in [9.17, 15) is 0 Å². The Balaban J connectivity index is 1.65. The van der Waals surface area contributed by atoms with E-state index in [1.165, 1.54) is 99.4 Å². The lowest BCUT2D eigenvalue weighted by atomic mass is 9.76. The maximum Gasteiger partial charge on any atom is -0.000763 e. The molecule has 0 aromatic heterocycles. The first kappa shape index (κ1) is 31.5. The topological polar surface area (TPSA) is 0 Å². The third kappa shape index (κ3) is 5.50. The number of benzene rings is 9. The van der Waals surface area contributed by atoms with Crippen LogP contribution in [-0.2, 0) is 0 Å². The van der Waals surface area contributed by atoms with Crippen molar-refractivity contribution in [3.8, 4) is 66.8 Å². The Hall–Kier alpha value is -6.50. The van der Waals surface area contributed by atoms with Crippen LogP contribution in [0.4, 0.5) is 0 Å². The zero-order valence-corrected chi connectivity index (χ0v) is 29.5. The lowest BCUT2D eigenvalue weighted by Crippen LogP contribution is -1.99. The van der Waals surface area contributed by atoms with Gasteiger partial charge in [-0.05, 0) is 102 Å². The number of aryl methyl sites for hydroxylation is 2. The van der Waals surface area contributed by atoms with Crippen molar-refractivity contribution >= 4 is 21.5 Å². The van der Waals surface area contributed by atoms with Gasteiger partial charge in [0.2, 0.25) is 0 Å². The molecular formula is C52H38. The highest BCUT2D eigenvalue weighted by Crippen LogP contribution is 2.54. The average molecular weight is 663 g/mol.